The Kier molecular flexibility index (Phi) is 4.99. The summed E-state index contributed by atoms with van der Waals surface area (Å²) in [6.45, 7) is 9.58. The minimum Gasteiger partial charge on any atom is -0.458 e. The van der Waals surface area contributed by atoms with Crippen molar-refractivity contribution in [2.24, 2.45) is 0 Å². The van der Waals surface area contributed by atoms with Crippen molar-refractivity contribution >= 4 is 5.97 Å². The van der Waals surface area contributed by atoms with E-state index in [9.17, 15) is 4.79 Å². The molecule has 0 spiro atoms. The number of hydrogen-bond acceptors (Lipinski definition) is 3. The van der Waals surface area contributed by atoms with Crippen molar-refractivity contribution in [2.45, 2.75) is 52.7 Å². The summed E-state index contributed by atoms with van der Waals surface area (Å²) >= 11 is 0. The molecule has 0 unspecified atom stereocenters. The SMILES string of the molecule is CCC(C)(C)OC(=O)COC(C)C. The molecule has 0 aliphatic heterocycles. The van der Waals surface area contributed by atoms with Crippen molar-refractivity contribution in [3.63, 3.8) is 0 Å². The van der Waals surface area contributed by atoms with Gasteiger partial charge in [0.1, 0.15) is 12.2 Å². The lowest BCUT2D eigenvalue weighted by Crippen LogP contribution is -2.29. The predicted molar refractivity (Wildman–Crippen MR) is 51.6 cm³/mol. The first-order valence-electron chi connectivity index (χ1n) is 4.71. The Hall–Kier alpha value is -0.570. The van der Waals surface area contributed by atoms with Gasteiger partial charge in [-0.05, 0) is 34.1 Å². The van der Waals surface area contributed by atoms with Gasteiger partial charge in [-0.2, -0.15) is 0 Å². The average molecular weight is 188 g/mol. The number of esters is 1. The van der Waals surface area contributed by atoms with E-state index in [2.05, 4.69) is 0 Å². The molecule has 0 amide bonds. The fourth-order valence-corrected chi connectivity index (χ4v) is 0.645. The normalized spacial score (nSPS) is 11.8. The van der Waals surface area contributed by atoms with Crippen molar-refractivity contribution < 1.29 is 14.3 Å². The van der Waals surface area contributed by atoms with Crippen molar-refractivity contribution in [1.82, 2.24) is 0 Å². The summed E-state index contributed by atoms with van der Waals surface area (Å²) in [6.07, 6.45) is 0.873. The van der Waals surface area contributed by atoms with Crippen molar-refractivity contribution in [2.75, 3.05) is 6.61 Å². The van der Waals surface area contributed by atoms with E-state index in [1.807, 2.05) is 34.6 Å². The molecule has 3 nitrogen and oxygen atoms in total. The molecule has 3 heteroatoms. The van der Waals surface area contributed by atoms with Crippen LogP contribution in [0.5, 0.6) is 0 Å². The van der Waals surface area contributed by atoms with E-state index < -0.39 is 0 Å². The topological polar surface area (TPSA) is 35.5 Å². The zero-order valence-corrected chi connectivity index (χ0v) is 9.22. The monoisotopic (exact) mass is 188 g/mol. The summed E-state index contributed by atoms with van der Waals surface area (Å²) in [4.78, 5) is 11.2. The van der Waals surface area contributed by atoms with Crippen LogP contribution in [0.25, 0.3) is 0 Å². The lowest BCUT2D eigenvalue weighted by Gasteiger charge is -2.23. The van der Waals surface area contributed by atoms with Crippen LogP contribution in [0.1, 0.15) is 41.0 Å². The van der Waals surface area contributed by atoms with Gasteiger partial charge in [0.25, 0.3) is 0 Å². The van der Waals surface area contributed by atoms with Gasteiger partial charge >= 0.3 is 5.97 Å². The third kappa shape index (κ3) is 6.58. The fourth-order valence-electron chi connectivity index (χ4n) is 0.645. The molecule has 0 bridgehead atoms. The fraction of sp³-hybridized carbons (Fsp3) is 0.900. The Morgan fingerprint density at radius 1 is 1.38 bits per heavy atom. The van der Waals surface area contributed by atoms with Gasteiger partial charge in [0, 0.05) is 0 Å². The molecule has 78 valence electrons. The van der Waals surface area contributed by atoms with Crippen LogP contribution >= 0.6 is 0 Å². The van der Waals surface area contributed by atoms with E-state index in [-0.39, 0.29) is 24.3 Å². The van der Waals surface area contributed by atoms with Crippen LogP contribution in [0, 0.1) is 0 Å². The minimum absolute atomic E-state index is 0.0428. The summed E-state index contributed by atoms with van der Waals surface area (Å²) in [7, 11) is 0. The van der Waals surface area contributed by atoms with E-state index in [4.69, 9.17) is 9.47 Å². The number of hydrogen-bond donors (Lipinski definition) is 0. The Balaban J connectivity index is 3.74. The first-order valence-corrected chi connectivity index (χ1v) is 4.71. The van der Waals surface area contributed by atoms with Gasteiger partial charge in [0.15, 0.2) is 0 Å². The van der Waals surface area contributed by atoms with Gasteiger partial charge in [-0.1, -0.05) is 6.92 Å². The smallest absolute Gasteiger partial charge is 0.332 e. The summed E-state index contributed by atoms with van der Waals surface area (Å²) in [5.41, 5.74) is -0.378. The summed E-state index contributed by atoms with van der Waals surface area (Å²) in [5, 5.41) is 0. The first kappa shape index (κ1) is 12.4. The highest BCUT2D eigenvalue weighted by molar-refractivity contribution is 5.71. The molecule has 0 fully saturated rings. The van der Waals surface area contributed by atoms with Crippen LogP contribution in [0.15, 0.2) is 0 Å². The van der Waals surface area contributed by atoms with Crippen molar-refractivity contribution in [3.05, 3.63) is 0 Å². The minimum atomic E-state index is -0.378. The number of ether oxygens (including phenoxy) is 2. The zero-order valence-electron chi connectivity index (χ0n) is 9.22. The second-order valence-corrected chi connectivity index (χ2v) is 3.95. The Labute approximate surface area is 80.4 Å². The van der Waals surface area contributed by atoms with Gasteiger partial charge in [-0.3, -0.25) is 0 Å². The first-order chi connectivity index (χ1) is 5.87. The van der Waals surface area contributed by atoms with Crippen LogP contribution in [0.2, 0.25) is 0 Å². The molecule has 0 saturated heterocycles. The maximum Gasteiger partial charge on any atom is 0.332 e. The van der Waals surface area contributed by atoms with E-state index in [0.29, 0.717) is 0 Å². The highest BCUT2D eigenvalue weighted by Crippen LogP contribution is 2.13. The third-order valence-electron chi connectivity index (χ3n) is 1.78. The molecule has 0 aromatic rings. The quantitative estimate of drug-likeness (QED) is 0.620. The van der Waals surface area contributed by atoms with Crippen LogP contribution in [-0.4, -0.2) is 24.3 Å². The maximum atomic E-state index is 11.2. The van der Waals surface area contributed by atoms with E-state index in [0.717, 1.165) is 6.42 Å². The van der Waals surface area contributed by atoms with Crippen molar-refractivity contribution in [1.29, 1.82) is 0 Å². The lowest BCUT2D eigenvalue weighted by atomic mass is 10.1. The largest absolute Gasteiger partial charge is 0.458 e. The Morgan fingerprint density at radius 3 is 2.31 bits per heavy atom. The van der Waals surface area contributed by atoms with Crippen LogP contribution in [0.4, 0.5) is 0 Å². The van der Waals surface area contributed by atoms with Gasteiger partial charge in [0.2, 0.25) is 0 Å². The lowest BCUT2D eigenvalue weighted by molar-refractivity contribution is -0.163. The molecule has 0 radical (unpaired) electrons. The summed E-state index contributed by atoms with van der Waals surface area (Å²) < 4.78 is 10.3. The number of carbonyl (C=O) groups is 1. The second kappa shape index (κ2) is 5.22. The van der Waals surface area contributed by atoms with Crippen LogP contribution in [-0.2, 0) is 14.3 Å². The molecule has 0 rings (SSSR count). The molecular weight excluding hydrogens is 168 g/mol. The molecule has 0 saturated carbocycles. The maximum absolute atomic E-state index is 11.2. The van der Waals surface area contributed by atoms with Gasteiger partial charge in [-0.15, -0.1) is 0 Å². The summed E-state index contributed by atoms with van der Waals surface area (Å²) in [6, 6.07) is 0. The average Bonchev–Trinajstić information content (AvgIpc) is 2.00. The standard InChI is InChI=1S/C10H20O3/c1-6-10(4,5)13-9(11)7-12-8(2)3/h8H,6-7H2,1-5H3. The number of rotatable bonds is 5. The third-order valence-corrected chi connectivity index (χ3v) is 1.78. The van der Waals surface area contributed by atoms with Gasteiger partial charge in [0.05, 0.1) is 6.10 Å². The van der Waals surface area contributed by atoms with E-state index >= 15 is 0 Å². The van der Waals surface area contributed by atoms with Gasteiger partial charge in [-0.25, -0.2) is 4.79 Å². The molecule has 0 atom stereocenters. The predicted octanol–water partition coefficient (Wildman–Crippen LogP) is 2.14. The second-order valence-electron chi connectivity index (χ2n) is 3.95. The molecule has 13 heavy (non-hydrogen) atoms. The molecule has 0 heterocycles. The molecule has 0 aliphatic carbocycles. The van der Waals surface area contributed by atoms with Crippen LogP contribution in [0.3, 0.4) is 0 Å². The molecular formula is C10H20O3. The Bertz CT molecular complexity index is 162. The highest BCUT2D eigenvalue weighted by atomic mass is 16.6. The van der Waals surface area contributed by atoms with Crippen LogP contribution < -0.4 is 0 Å². The number of carbonyl (C=O) groups excluding carboxylic acids is 1. The Morgan fingerprint density at radius 2 is 1.92 bits per heavy atom. The van der Waals surface area contributed by atoms with E-state index in [1.165, 1.54) is 0 Å². The highest BCUT2D eigenvalue weighted by Gasteiger charge is 2.20. The molecule has 0 aromatic heterocycles. The van der Waals surface area contributed by atoms with Crippen molar-refractivity contribution in [3.8, 4) is 0 Å². The molecule has 0 aliphatic rings. The van der Waals surface area contributed by atoms with Gasteiger partial charge < -0.3 is 9.47 Å². The van der Waals surface area contributed by atoms with E-state index in [1.54, 1.807) is 0 Å². The summed E-state index contributed by atoms with van der Waals surface area (Å²) in [5.74, 6) is -0.291. The molecule has 0 aromatic carbocycles. The zero-order chi connectivity index (χ0) is 10.5. The molecule has 0 N–H and O–H groups in total.